The minimum atomic E-state index is -4.43. The van der Waals surface area contributed by atoms with E-state index in [1.165, 1.54) is 24.3 Å². The lowest BCUT2D eigenvalue weighted by molar-refractivity contribution is -0.138. The second-order valence-corrected chi connectivity index (χ2v) is 25.7. The molecule has 0 atom stereocenters. The van der Waals surface area contributed by atoms with Crippen LogP contribution in [0, 0.1) is 40.6 Å². The first-order valence-electron chi connectivity index (χ1n) is 32.5. The number of aldehydes is 1. The maximum atomic E-state index is 13.4. The van der Waals surface area contributed by atoms with E-state index in [9.17, 15) is 51.5 Å². The van der Waals surface area contributed by atoms with Gasteiger partial charge < -0.3 is 18.8 Å². The Balaban J connectivity index is 0.000000165. The monoisotopic (exact) mass is 1400 g/mol. The number of nitriles is 3. The second-order valence-electron chi connectivity index (χ2n) is 23.7. The summed E-state index contributed by atoms with van der Waals surface area (Å²) in [5, 5.41) is 39.2. The largest absolute Gasteiger partial charge is 0.416 e. The van der Waals surface area contributed by atoms with Crippen molar-refractivity contribution < 1.29 is 44.7 Å². The zero-order chi connectivity index (χ0) is 72.4. The van der Waals surface area contributed by atoms with E-state index in [4.69, 9.17) is 15.6 Å². The van der Waals surface area contributed by atoms with E-state index in [1.807, 2.05) is 210 Å². The summed E-state index contributed by atoms with van der Waals surface area (Å²) in [6.07, 6.45) is -4.02. The normalized spacial score (nSPS) is 11.4. The molecule has 17 heteroatoms. The van der Waals surface area contributed by atoms with Crippen LogP contribution < -0.4 is 9.80 Å². The maximum Gasteiger partial charge on any atom is 0.416 e. The van der Waals surface area contributed by atoms with Crippen LogP contribution in [0.15, 0.2) is 267 Å². The number of hydrogen-bond donors (Lipinski definition) is 0. The topological polar surface area (TPSA) is 135 Å². The van der Waals surface area contributed by atoms with Gasteiger partial charge in [-0.25, -0.2) is 4.85 Å². The fraction of sp³-hybridized carbons (Fsp3) is 0.0920. The first kappa shape index (κ1) is 72.6. The summed E-state index contributed by atoms with van der Waals surface area (Å²) in [7, 11) is -3.26. The molecule has 0 saturated carbocycles. The van der Waals surface area contributed by atoms with Crippen LogP contribution in [0.25, 0.3) is 81.6 Å². The van der Waals surface area contributed by atoms with E-state index in [-0.39, 0.29) is 26.8 Å². The Hall–Kier alpha value is -12.7. The Morgan fingerprint density at radius 2 is 0.779 bits per heavy atom. The molecule has 14 aromatic carbocycles. The van der Waals surface area contributed by atoms with Gasteiger partial charge in [-0.1, -0.05) is 183 Å². The fourth-order valence-corrected chi connectivity index (χ4v) is 14.4. The first-order chi connectivity index (χ1) is 49.9. The summed E-state index contributed by atoms with van der Waals surface area (Å²) in [5.74, 6) is 0. The molecule has 0 spiro atoms. The van der Waals surface area contributed by atoms with Gasteiger partial charge in [0.15, 0.2) is 0 Å². The molecule has 14 rings (SSSR count). The molecule has 14 aromatic rings. The average molecular weight is 1400 g/mol. The molecule has 0 fully saturated rings. The van der Waals surface area contributed by atoms with Crippen molar-refractivity contribution in [3.8, 4) is 18.2 Å². The fourth-order valence-electron chi connectivity index (χ4n) is 12.7. The molecule has 0 bridgehead atoms. The molecule has 0 aliphatic carbocycles. The van der Waals surface area contributed by atoms with Gasteiger partial charge in [-0.2, -0.15) is 42.1 Å². The van der Waals surface area contributed by atoms with Crippen molar-refractivity contribution in [2.45, 2.75) is 39.8 Å². The van der Waals surface area contributed by atoms with Crippen LogP contribution in [0.2, 0.25) is 0 Å². The molecular formula is C87H63F6N6O4P. The summed E-state index contributed by atoms with van der Waals surface area (Å²) < 4.78 is 103. The maximum absolute atomic E-state index is 13.4. The number of halogens is 6. The Bertz CT molecular complexity index is 5780. The van der Waals surface area contributed by atoms with E-state index < -0.39 is 31.1 Å². The number of rotatable bonds is 15. The Kier molecular flexibility index (Phi) is 22.0. The van der Waals surface area contributed by atoms with Crippen LogP contribution in [0.1, 0.15) is 76.1 Å². The van der Waals surface area contributed by atoms with E-state index >= 15 is 0 Å². The minimum absolute atomic E-state index is 0. The predicted molar refractivity (Wildman–Crippen MR) is 406 cm³/mol. The molecule has 0 amide bonds. The van der Waals surface area contributed by atoms with Crippen LogP contribution in [0.5, 0.6) is 0 Å². The van der Waals surface area contributed by atoms with Crippen molar-refractivity contribution in [2.24, 2.45) is 0 Å². The molecule has 0 heterocycles. The third kappa shape index (κ3) is 15.3. The van der Waals surface area contributed by atoms with Crippen LogP contribution in [-0.4, -0.2) is 19.5 Å². The van der Waals surface area contributed by atoms with Crippen molar-refractivity contribution in [1.82, 2.24) is 0 Å². The molecule has 0 unspecified atom stereocenters. The average Bonchev–Trinajstić information content (AvgIpc) is 0.758. The van der Waals surface area contributed by atoms with Gasteiger partial charge in [0.1, 0.15) is 24.5 Å². The lowest BCUT2D eigenvalue weighted by Crippen LogP contribution is -2.11. The second kappa shape index (κ2) is 31.5. The minimum Gasteiger partial charge on any atom is -0.310 e. The molecule has 0 aliphatic heterocycles. The van der Waals surface area contributed by atoms with E-state index in [0.29, 0.717) is 50.1 Å². The molecule has 512 valence electrons. The van der Waals surface area contributed by atoms with E-state index in [1.54, 1.807) is 44.2 Å². The number of benzene rings is 14. The number of carbonyl (C=O) groups is 1. The van der Waals surface area contributed by atoms with Gasteiger partial charge in [0.25, 0.3) is 0 Å². The predicted octanol–water partition coefficient (Wildman–Crippen LogP) is 25.5. The van der Waals surface area contributed by atoms with Crippen molar-refractivity contribution in [3.63, 3.8) is 0 Å². The number of alkyl halides is 6. The van der Waals surface area contributed by atoms with Crippen LogP contribution >= 0.6 is 7.60 Å². The molecule has 0 N–H and O–H groups in total. The molecule has 0 radical (unpaired) electrons. The lowest BCUT2D eigenvalue weighted by atomic mass is 9.92. The van der Waals surface area contributed by atoms with Gasteiger partial charge in [-0.3, -0.25) is 9.36 Å². The van der Waals surface area contributed by atoms with Crippen LogP contribution in [0.3, 0.4) is 0 Å². The number of carbonyl (C=O) groups excluding carboxylic acids is 1. The highest BCUT2D eigenvalue weighted by Crippen LogP contribution is 2.52. The third-order valence-corrected chi connectivity index (χ3v) is 19.5. The van der Waals surface area contributed by atoms with Gasteiger partial charge in [0, 0.05) is 60.6 Å². The van der Waals surface area contributed by atoms with E-state index in [0.717, 1.165) is 124 Å². The summed E-state index contributed by atoms with van der Waals surface area (Å²) in [6, 6.07) is 85.4. The Morgan fingerprint density at radius 1 is 0.423 bits per heavy atom. The first-order valence-corrected chi connectivity index (χ1v) is 34.3. The summed E-state index contributed by atoms with van der Waals surface area (Å²) in [6.45, 7) is 12.0. The molecular weight excluding hydrogens is 1340 g/mol. The van der Waals surface area contributed by atoms with Gasteiger partial charge in [0.2, 0.25) is 5.69 Å². The number of fused-ring (bicyclic) bond motifs is 6. The zero-order valence-corrected chi connectivity index (χ0v) is 56.2. The summed E-state index contributed by atoms with van der Waals surface area (Å²) in [4.78, 5) is 18.7. The number of anilines is 6. The smallest absolute Gasteiger partial charge is 0.310 e. The lowest BCUT2D eigenvalue weighted by Gasteiger charge is -2.27. The molecule has 10 nitrogen and oxygen atoms in total. The van der Waals surface area contributed by atoms with Gasteiger partial charge >= 0.3 is 19.9 Å². The van der Waals surface area contributed by atoms with Crippen molar-refractivity contribution in [1.29, 1.82) is 15.8 Å². The summed E-state index contributed by atoms with van der Waals surface area (Å²) in [5.41, 5.74) is 8.19. The van der Waals surface area contributed by atoms with Crippen molar-refractivity contribution >= 4 is 130 Å². The van der Waals surface area contributed by atoms with Gasteiger partial charge in [0.05, 0.1) is 65.1 Å². The van der Waals surface area contributed by atoms with Crippen molar-refractivity contribution in [2.75, 3.05) is 23.0 Å². The number of nitrogens with zero attached hydrogens (tertiary/aromatic N) is 6. The highest BCUT2D eigenvalue weighted by Gasteiger charge is 2.32. The SMILES string of the molecule is C.CCOP(=O)(Cc1ccc2c(C#N)c3ccccc3c(C#N)c2c1)OCC.O=Cc1ccc(N(c2ccc(C(F)(F)F)cc2)c2cccc3ccccc23)cc1.[C-]#[N+]c1c2ccccc2c(C#N)c2ccc(C=Cc3ccc(N(c4ccc(C(F)(F)F)cc4)c4cccc5ccccc45)cc3)cc12. The van der Waals surface area contributed by atoms with Crippen LogP contribution in [0.4, 0.5) is 66.2 Å². The highest BCUT2D eigenvalue weighted by molar-refractivity contribution is 7.53. The highest BCUT2D eigenvalue weighted by atomic mass is 31.2. The van der Waals surface area contributed by atoms with Crippen molar-refractivity contribution in [3.05, 3.63) is 328 Å². The summed E-state index contributed by atoms with van der Waals surface area (Å²) >= 11 is 0. The molecule has 0 aromatic heterocycles. The van der Waals surface area contributed by atoms with Gasteiger partial charge in [-0.05, 0) is 166 Å². The number of hydrogen-bond acceptors (Lipinski definition) is 9. The zero-order valence-electron chi connectivity index (χ0n) is 55.3. The third-order valence-electron chi connectivity index (χ3n) is 17.4. The van der Waals surface area contributed by atoms with E-state index in [2.05, 4.69) is 23.1 Å². The Morgan fingerprint density at radius 3 is 1.21 bits per heavy atom. The Labute approximate surface area is 597 Å². The standard InChI is InChI=1S/C41H24F3N3.C24H16F3NO.C21H19N2O3P.CH4/c1-46-40-36-11-5-4-10-34(36)38(26-45)35-24-17-28(25-37(35)40)14-13-27-15-20-31(21-16-27)47(32-22-18-30(19-23-32)41(42,43)44)39-12-6-8-29-7-2-3-9-33(29)39;25-24(26,27)19-10-14-21(15-11-19)28(20-12-8-17(16-29)9-13-20)23-7-3-5-18-4-1-2-6-22(18)23;1-3-25-27(24,26-4-2)14-15-9-10-18-19(11-15)21(13-23)17-8-6-5-7-16(17)20(18)12-22;/h2-25H;1-16H;5-11H,3-4,14H2,1-2H3;1H4. The van der Waals surface area contributed by atoms with Crippen LogP contribution in [-0.2, 0) is 32.1 Å². The molecule has 0 saturated heterocycles. The molecule has 0 aliphatic rings. The molecule has 104 heavy (non-hydrogen) atoms. The van der Waals surface area contributed by atoms with Gasteiger partial charge in [-0.15, -0.1) is 0 Å². The quantitative estimate of drug-likeness (QED) is 0.0245.